The molecule has 7 nitrogen and oxygen atoms in total. The number of amides is 1. The lowest BCUT2D eigenvalue weighted by Gasteiger charge is -2.21. The number of benzene rings is 1. The molecule has 4 rings (SSSR count). The number of methoxy groups -OCH3 is 1. The van der Waals surface area contributed by atoms with Gasteiger partial charge < -0.3 is 14.6 Å². The number of para-hydroxylation sites is 1. The van der Waals surface area contributed by atoms with Gasteiger partial charge in [-0.25, -0.2) is 4.98 Å². The highest BCUT2D eigenvalue weighted by Crippen LogP contribution is 2.32. The summed E-state index contributed by atoms with van der Waals surface area (Å²) < 4.78 is 9.48. The average molecular weight is 438 g/mol. The van der Waals surface area contributed by atoms with Gasteiger partial charge >= 0.3 is 0 Å². The van der Waals surface area contributed by atoms with Crippen LogP contribution in [0.2, 0.25) is 0 Å². The maximum Gasteiger partial charge on any atom is 0.262 e. The minimum Gasteiger partial charge on any atom is -0.496 e. The van der Waals surface area contributed by atoms with Crippen molar-refractivity contribution in [3.05, 3.63) is 64.7 Å². The molecule has 8 heteroatoms. The molecule has 3 heterocycles. The van der Waals surface area contributed by atoms with Crippen LogP contribution in [0, 0.1) is 12.8 Å². The number of nitrogens with zero attached hydrogens (tertiary/aromatic N) is 4. The van der Waals surface area contributed by atoms with Crippen molar-refractivity contribution in [2.24, 2.45) is 13.0 Å². The fourth-order valence-corrected chi connectivity index (χ4v) is 4.81. The third-order valence-corrected chi connectivity index (χ3v) is 6.36. The lowest BCUT2D eigenvalue weighted by atomic mass is 10.0. The summed E-state index contributed by atoms with van der Waals surface area (Å²) in [6, 6.07) is 9.18. The van der Waals surface area contributed by atoms with Crippen molar-refractivity contribution in [1.82, 2.24) is 24.6 Å². The van der Waals surface area contributed by atoms with Gasteiger partial charge in [-0.1, -0.05) is 32.0 Å². The van der Waals surface area contributed by atoms with Crippen LogP contribution in [0.3, 0.4) is 0 Å². The highest BCUT2D eigenvalue weighted by atomic mass is 32.1. The fourth-order valence-electron chi connectivity index (χ4n) is 3.74. The van der Waals surface area contributed by atoms with Gasteiger partial charge in [0.2, 0.25) is 0 Å². The predicted molar refractivity (Wildman–Crippen MR) is 123 cm³/mol. The number of aromatic nitrogens is 4. The molecule has 31 heavy (non-hydrogen) atoms. The number of aryl methyl sites for hydroxylation is 2. The van der Waals surface area contributed by atoms with Crippen molar-refractivity contribution >= 4 is 27.5 Å². The Hall–Kier alpha value is -3.13. The van der Waals surface area contributed by atoms with Gasteiger partial charge in [0.05, 0.1) is 17.7 Å². The second-order valence-corrected chi connectivity index (χ2v) is 9.07. The number of imidazole rings is 1. The number of rotatable bonds is 7. The third-order valence-electron chi connectivity index (χ3n) is 5.21. The topological polar surface area (TPSA) is 74.0 Å². The molecule has 1 unspecified atom stereocenters. The van der Waals surface area contributed by atoms with Crippen molar-refractivity contribution in [2.75, 3.05) is 7.11 Å². The first-order valence-corrected chi connectivity index (χ1v) is 11.1. The molecule has 0 spiro atoms. The summed E-state index contributed by atoms with van der Waals surface area (Å²) in [6.45, 7) is 7.13. The van der Waals surface area contributed by atoms with Crippen LogP contribution in [-0.4, -0.2) is 32.3 Å². The van der Waals surface area contributed by atoms with Crippen molar-refractivity contribution in [2.45, 2.75) is 33.4 Å². The second kappa shape index (κ2) is 8.55. The minimum atomic E-state index is -0.442. The summed E-state index contributed by atoms with van der Waals surface area (Å²) in [4.78, 5) is 19.5. The van der Waals surface area contributed by atoms with Crippen LogP contribution < -0.4 is 10.1 Å². The number of ether oxygens (including phenoxy) is 1. The molecular weight excluding hydrogens is 410 g/mol. The van der Waals surface area contributed by atoms with E-state index < -0.39 is 6.04 Å². The highest BCUT2D eigenvalue weighted by Gasteiger charge is 2.26. The molecule has 4 aromatic rings. The maximum atomic E-state index is 13.3. The lowest BCUT2D eigenvalue weighted by Crippen LogP contribution is -2.31. The Morgan fingerprint density at radius 3 is 2.74 bits per heavy atom. The van der Waals surface area contributed by atoms with Gasteiger partial charge in [0.25, 0.3) is 5.91 Å². The van der Waals surface area contributed by atoms with Crippen LogP contribution in [0.25, 0.3) is 10.2 Å². The zero-order valence-corrected chi connectivity index (χ0v) is 19.2. The van der Waals surface area contributed by atoms with Gasteiger partial charge in [0.15, 0.2) is 0 Å². The van der Waals surface area contributed by atoms with E-state index in [1.807, 2.05) is 59.7 Å². The van der Waals surface area contributed by atoms with Crippen LogP contribution in [0.15, 0.2) is 42.7 Å². The van der Waals surface area contributed by atoms with E-state index in [1.54, 1.807) is 13.3 Å². The number of fused-ring (bicyclic) bond motifs is 1. The number of thiophene rings is 1. The molecule has 162 valence electrons. The summed E-state index contributed by atoms with van der Waals surface area (Å²) in [5.74, 6) is 1.77. The van der Waals surface area contributed by atoms with E-state index in [2.05, 4.69) is 29.2 Å². The third kappa shape index (κ3) is 4.07. The molecule has 1 atom stereocenters. The van der Waals surface area contributed by atoms with E-state index in [-0.39, 0.29) is 5.91 Å². The van der Waals surface area contributed by atoms with Gasteiger partial charge in [0.1, 0.15) is 22.4 Å². The maximum absolute atomic E-state index is 13.3. The molecule has 1 N–H and O–H groups in total. The van der Waals surface area contributed by atoms with Gasteiger partial charge in [-0.2, -0.15) is 5.10 Å². The molecule has 0 aliphatic rings. The van der Waals surface area contributed by atoms with E-state index in [9.17, 15) is 4.79 Å². The first-order valence-electron chi connectivity index (χ1n) is 10.3. The van der Waals surface area contributed by atoms with E-state index in [0.29, 0.717) is 16.5 Å². The first-order chi connectivity index (χ1) is 14.9. The molecule has 0 aliphatic carbocycles. The van der Waals surface area contributed by atoms with E-state index in [4.69, 9.17) is 4.74 Å². The Kier molecular flexibility index (Phi) is 5.82. The Labute approximate surface area is 185 Å². The quantitative estimate of drug-likeness (QED) is 0.467. The molecule has 0 saturated heterocycles. The molecule has 3 aromatic heterocycles. The van der Waals surface area contributed by atoms with Gasteiger partial charge in [-0.3, -0.25) is 9.48 Å². The van der Waals surface area contributed by atoms with Crippen LogP contribution in [0.5, 0.6) is 5.75 Å². The molecule has 0 bridgehead atoms. The molecule has 0 fully saturated rings. The Balaban J connectivity index is 1.71. The number of hydrogen-bond acceptors (Lipinski definition) is 5. The zero-order chi connectivity index (χ0) is 22.1. The molecule has 0 radical (unpaired) electrons. The highest BCUT2D eigenvalue weighted by molar-refractivity contribution is 7.20. The van der Waals surface area contributed by atoms with Crippen molar-refractivity contribution in [3.63, 3.8) is 0 Å². The van der Waals surface area contributed by atoms with Crippen LogP contribution in [0.4, 0.5) is 0 Å². The van der Waals surface area contributed by atoms with Gasteiger partial charge in [0, 0.05) is 36.9 Å². The molecule has 1 aromatic carbocycles. The lowest BCUT2D eigenvalue weighted by molar-refractivity contribution is 0.0945. The van der Waals surface area contributed by atoms with E-state index >= 15 is 0 Å². The van der Waals surface area contributed by atoms with Crippen molar-refractivity contribution in [3.8, 4) is 5.75 Å². The molecule has 0 aliphatic heterocycles. The van der Waals surface area contributed by atoms with E-state index in [1.165, 1.54) is 11.3 Å². The van der Waals surface area contributed by atoms with E-state index in [0.717, 1.165) is 33.8 Å². The summed E-state index contributed by atoms with van der Waals surface area (Å²) in [5, 5.41) is 8.85. The van der Waals surface area contributed by atoms with Crippen LogP contribution >= 0.6 is 11.3 Å². The zero-order valence-electron chi connectivity index (χ0n) is 18.4. The Morgan fingerprint density at radius 1 is 1.29 bits per heavy atom. The smallest absolute Gasteiger partial charge is 0.262 e. The largest absolute Gasteiger partial charge is 0.496 e. The molecule has 1 amide bonds. The molecular formula is C23H27N5O2S. The van der Waals surface area contributed by atoms with Crippen LogP contribution in [0.1, 0.15) is 46.6 Å². The SMILES string of the molecule is COc1ccccc1C(NC(=O)c1cc2c(C)nn(CC(C)C)c2s1)c1nccn1C. The van der Waals surface area contributed by atoms with Crippen molar-refractivity contribution < 1.29 is 9.53 Å². The number of nitrogens with one attached hydrogen (secondary N) is 1. The fraction of sp³-hybridized carbons (Fsp3) is 0.348. The standard InChI is InChI=1S/C23H27N5O2S/c1-14(2)13-28-23-17(15(3)26-28)12-19(31-23)22(29)25-20(21-24-10-11-27(21)4)16-8-6-7-9-18(16)30-5/h6-12,14,20H,13H2,1-5H3,(H,25,29). The first kappa shape index (κ1) is 21.1. The Morgan fingerprint density at radius 2 is 2.06 bits per heavy atom. The number of hydrogen-bond donors (Lipinski definition) is 1. The average Bonchev–Trinajstić information content (AvgIpc) is 3.43. The van der Waals surface area contributed by atoms with Gasteiger partial charge in [-0.15, -0.1) is 11.3 Å². The summed E-state index contributed by atoms with van der Waals surface area (Å²) in [5.41, 5.74) is 1.80. The summed E-state index contributed by atoms with van der Waals surface area (Å²) in [6.07, 6.45) is 3.60. The minimum absolute atomic E-state index is 0.143. The number of carbonyl (C=O) groups is 1. The Bertz CT molecular complexity index is 1220. The van der Waals surface area contributed by atoms with Crippen LogP contribution in [-0.2, 0) is 13.6 Å². The van der Waals surface area contributed by atoms with Gasteiger partial charge in [-0.05, 0) is 25.0 Å². The number of carbonyl (C=O) groups excluding carboxylic acids is 1. The monoisotopic (exact) mass is 437 g/mol. The predicted octanol–water partition coefficient (Wildman–Crippen LogP) is 4.32. The normalized spacial score (nSPS) is 12.5. The molecule has 0 saturated carbocycles. The summed E-state index contributed by atoms with van der Waals surface area (Å²) in [7, 11) is 3.55. The van der Waals surface area contributed by atoms with Crippen molar-refractivity contribution in [1.29, 1.82) is 0 Å². The summed E-state index contributed by atoms with van der Waals surface area (Å²) >= 11 is 1.47. The second-order valence-electron chi connectivity index (χ2n) is 8.04.